The summed E-state index contributed by atoms with van der Waals surface area (Å²) in [5.74, 6) is 0. The first-order chi connectivity index (χ1) is 15.8. The first-order valence-corrected chi connectivity index (χ1v) is 11.4. The van der Waals surface area contributed by atoms with Crippen molar-refractivity contribution in [2.45, 2.75) is 59.6 Å². The van der Waals surface area contributed by atoms with Crippen LogP contribution in [0.5, 0.6) is 0 Å². The zero-order valence-electron chi connectivity index (χ0n) is 17.3. The lowest BCUT2D eigenvalue weighted by Crippen LogP contribution is -2.59. The molecule has 2 aliphatic rings. The molecule has 0 aliphatic carbocycles. The van der Waals surface area contributed by atoms with Gasteiger partial charge in [-0.3, -0.25) is 0 Å². The topological polar surface area (TPSA) is 191 Å². The number of aliphatic hydroxyl groups excluding tert-OH is 7. The highest BCUT2D eigenvalue weighted by Crippen LogP contribution is 2.39. The monoisotopic (exact) mass is 485 g/mol. The third-order valence-electron chi connectivity index (χ3n) is 5.85. The normalized spacial score (nSPS) is 39.5. The van der Waals surface area contributed by atoms with Gasteiger partial charge in [-0.25, -0.2) is 4.68 Å². The largest absolute Gasteiger partial charge is 0.394 e. The maximum Gasteiger partial charge on any atom is 0.134 e. The summed E-state index contributed by atoms with van der Waals surface area (Å²) >= 11 is 0.795. The standard InChI is InChI=1S/C20H27N3O9S/c24-7-11-14(26)13(23-6-10(21-22-23)9-4-2-1-3-5-9)16(28)19(31-11)33-20-18(30)17(29)15(27)12(8-25)32-20/h1-6,11-20,24-30H,7-8H2/t11-,12-,13+,14+,15-,16-,17+,18-,19+,20+/m1/s1. The van der Waals surface area contributed by atoms with Crippen molar-refractivity contribution >= 4 is 11.8 Å². The van der Waals surface area contributed by atoms with E-state index in [0.29, 0.717) is 5.69 Å². The highest BCUT2D eigenvalue weighted by atomic mass is 32.2. The second kappa shape index (κ2) is 10.3. The van der Waals surface area contributed by atoms with Crippen LogP contribution in [-0.4, -0.2) is 118 Å². The number of benzene rings is 1. The number of ether oxygens (including phenoxy) is 2. The maximum absolute atomic E-state index is 11.0. The number of hydrogen-bond donors (Lipinski definition) is 7. The molecule has 0 unspecified atom stereocenters. The molecule has 13 heteroatoms. The fourth-order valence-corrected chi connectivity index (χ4v) is 5.29. The van der Waals surface area contributed by atoms with Gasteiger partial charge in [0, 0.05) is 5.56 Å². The van der Waals surface area contributed by atoms with Crippen molar-refractivity contribution in [3.63, 3.8) is 0 Å². The predicted octanol–water partition coefficient (Wildman–Crippen LogP) is -2.54. The van der Waals surface area contributed by atoms with Crippen molar-refractivity contribution < 1.29 is 45.2 Å². The molecule has 33 heavy (non-hydrogen) atoms. The molecule has 0 spiro atoms. The Morgan fingerprint density at radius 1 is 0.788 bits per heavy atom. The van der Waals surface area contributed by atoms with Crippen LogP contribution >= 0.6 is 11.8 Å². The first kappa shape index (κ1) is 24.5. The van der Waals surface area contributed by atoms with Gasteiger partial charge in [-0.2, -0.15) is 0 Å². The summed E-state index contributed by atoms with van der Waals surface area (Å²) in [5, 5.41) is 79.3. The van der Waals surface area contributed by atoms with E-state index in [9.17, 15) is 35.7 Å². The fraction of sp³-hybridized carbons (Fsp3) is 0.600. The highest BCUT2D eigenvalue weighted by Gasteiger charge is 2.50. The molecule has 0 bridgehead atoms. The van der Waals surface area contributed by atoms with E-state index in [-0.39, 0.29) is 0 Å². The SMILES string of the molecule is OC[C@H]1O[C@@H](S[C@@H]2O[C@H](CO)[C@@H](O)[C@H](O)[C@H]2O)[C@H](O)[C@@H](n2cc(-c3ccccc3)nn2)[C@H]1O. The van der Waals surface area contributed by atoms with Gasteiger partial charge in [0.05, 0.1) is 19.4 Å². The number of aliphatic hydroxyl groups is 7. The Kier molecular flexibility index (Phi) is 7.65. The molecule has 2 fully saturated rings. The quantitative estimate of drug-likeness (QED) is 0.227. The molecule has 2 aromatic rings. The van der Waals surface area contributed by atoms with Gasteiger partial charge in [0.1, 0.15) is 65.3 Å². The Morgan fingerprint density at radius 3 is 2.03 bits per heavy atom. The summed E-state index contributed by atoms with van der Waals surface area (Å²) in [6, 6.07) is 8.14. The molecule has 10 atom stereocenters. The van der Waals surface area contributed by atoms with Crippen LogP contribution in [0.4, 0.5) is 0 Å². The summed E-state index contributed by atoms with van der Waals surface area (Å²) < 4.78 is 12.4. The van der Waals surface area contributed by atoms with E-state index in [1.54, 1.807) is 6.20 Å². The zero-order valence-corrected chi connectivity index (χ0v) is 18.2. The van der Waals surface area contributed by atoms with Gasteiger partial charge in [0.25, 0.3) is 0 Å². The molecule has 2 saturated heterocycles. The van der Waals surface area contributed by atoms with E-state index in [1.807, 2.05) is 30.3 Å². The van der Waals surface area contributed by atoms with Crippen LogP contribution in [0.1, 0.15) is 6.04 Å². The van der Waals surface area contributed by atoms with Gasteiger partial charge in [0.2, 0.25) is 0 Å². The minimum absolute atomic E-state index is 0.514. The van der Waals surface area contributed by atoms with Gasteiger partial charge >= 0.3 is 0 Å². The van der Waals surface area contributed by atoms with E-state index in [2.05, 4.69) is 10.3 Å². The average Bonchev–Trinajstić information content (AvgIpc) is 3.31. The van der Waals surface area contributed by atoms with Gasteiger partial charge in [0.15, 0.2) is 0 Å². The van der Waals surface area contributed by atoms with Crippen LogP contribution < -0.4 is 0 Å². The zero-order chi connectivity index (χ0) is 23.7. The summed E-state index contributed by atoms with van der Waals surface area (Å²) in [7, 11) is 0. The van der Waals surface area contributed by atoms with Gasteiger partial charge in [-0.15, -0.1) is 5.10 Å². The van der Waals surface area contributed by atoms with Crippen LogP contribution in [0.2, 0.25) is 0 Å². The van der Waals surface area contributed by atoms with Gasteiger partial charge < -0.3 is 45.2 Å². The Labute approximate surface area is 193 Å². The number of rotatable bonds is 6. The molecule has 12 nitrogen and oxygen atoms in total. The maximum atomic E-state index is 11.0. The molecular formula is C20H27N3O9S. The van der Waals surface area contributed by atoms with Gasteiger partial charge in [-0.05, 0) is 0 Å². The summed E-state index contributed by atoms with van der Waals surface area (Å²) in [5.41, 5.74) is -1.00. The van der Waals surface area contributed by atoms with Crippen molar-refractivity contribution in [1.82, 2.24) is 15.0 Å². The Balaban J connectivity index is 1.56. The Bertz CT molecular complexity index is 904. The van der Waals surface area contributed by atoms with Crippen molar-refractivity contribution in [2.24, 2.45) is 0 Å². The van der Waals surface area contributed by atoms with Crippen molar-refractivity contribution in [1.29, 1.82) is 0 Å². The molecule has 2 aliphatic heterocycles. The third kappa shape index (κ3) is 4.79. The lowest BCUT2D eigenvalue weighted by atomic mass is 9.97. The molecule has 0 radical (unpaired) electrons. The molecule has 1 aromatic carbocycles. The molecule has 182 valence electrons. The molecule has 0 saturated carbocycles. The summed E-state index contributed by atoms with van der Waals surface area (Å²) in [4.78, 5) is 0. The molecule has 7 N–H and O–H groups in total. The minimum Gasteiger partial charge on any atom is -0.394 e. The van der Waals surface area contributed by atoms with Crippen LogP contribution in [0.15, 0.2) is 36.5 Å². The van der Waals surface area contributed by atoms with E-state index in [0.717, 1.165) is 17.3 Å². The first-order valence-electron chi connectivity index (χ1n) is 10.4. The lowest BCUT2D eigenvalue weighted by molar-refractivity contribution is -0.208. The van der Waals surface area contributed by atoms with Crippen LogP contribution in [-0.2, 0) is 9.47 Å². The predicted molar refractivity (Wildman–Crippen MR) is 114 cm³/mol. The lowest BCUT2D eigenvalue weighted by Gasteiger charge is -2.45. The molecule has 4 rings (SSSR count). The molecule has 3 heterocycles. The smallest absolute Gasteiger partial charge is 0.134 e. The second-order valence-corrected chi connectivity index (χ2v) is 9.18. The minimum atomic E-state index is -1.59. The van der Waals surface area contributed by atoms with E-state index >= 15 is 0 Å². The third-order valence-corrected chi connectivity index (χ3v) is 7.17. The molecule has 1 aromatic heterocycles. The van der Waals surface area contributed by atoms with Crippen molar-refractivity contribution in [3.05, 3.63) is 36.5 Å². The Morgan fingerprint density at radius 2 is 1.39 bits per heavy atom. The van der Waals surface area contributed by atoms with Crippen LogP contribution in [0.25, 0.3) is 11.3 Å². The van der Waals surface area contributed by atoms with Crippen LogP contribution in [0, 0.1) is 0 Å². The number of hydrogen-bond acceptors (Lipinski definition) is 12. The van der Waals surface area contributed by atoms with E-state index < -0.39 is 72.9 Å². The number of thioether (sulfide) groups is 1. The summed E-state index contributed by atoms with van der Waals surface area (Å²) in [6.45, 7) is -1.16. The van der Waals surface area contributed by atoms with Gasteiger partial charge in [-0.1, -0.05) is 47.3 Å². The highest BCUT2D eigenvalue weighted by molar-refractivity contribution is 8.00. The number of nitrogens with zero attached hydrogens (tertiary/aromatic N) is 3. The van der Waals surface area contributed by atoms with Crippen molar-refractivity contribution in [2.75, 3.05) is 13.2 Å². The molecule has 0 amide bonds. The van der Waals surface area contributed by atoms with E-state index in [1.165, 1.54) is 4.68 Å². The number of aromatic nitrogens is 3. The summed E-state index contributed by atoms with van der Waals surface area (Å²) in [6.07, 6.45) is -8.03. The van der Waals surface area contributed by atoms with Crippen molar-refractivity contribution in [3.8, 4) is 11.3 Å². The second-order valence-electron chi connectivity index (χ2n) is 7.98. The van der Waals surface area contributed by atoms with Crippen LogP contribution in [0.3, 0.4) is 0 Å². The Hall–Kier alpha value is -1.65. The van der Waals surface area contributed by atoms with E-state index in [4.69, 9.17) is 9.47 Å². The molecular weight excluding hydrogens is 458 g/mol. The average molecular weight is 486 g/mol. The fourth-order valence-electron chi connectivity index (χ4n) is 3.97.